The fourth-order valence-electron chi connectivity index (χ4n) is 4.39. The van der Waals surface area contributed by atoms with E-state index < -0.39 is 0 Å². The number of carbonyl (C=O) groups excluding carboxylic acids is 2. The second-order valence-corrected chi connectivity index (χ2v) is 12.0. The molecule has 3 aromatic rings. The fourth-order valence-corrected chi connectivity index (χ4v) is 4.39. The Kier molecular flexibility index (Phi) is 10.5. The lowest BCUT2D eigenvalue weighted by molar-refractivity contribution is -0.117. The Morgan fingerprint density at radius 1 is 1.03 bits per heavy atom. The van der Waals surface area contributed by atoms with Gasteiger partial charge in [-0.25, -0.2) is 4.68 Å². The number of hydrogen-bond acceptors (Lipinski definition) is 3. The van der Waals surface area contributed by atoms with Crippen LogP contribution in [0.4, 0.5) is 5.82 Å². The van der Waals surface area contributed by atoms with Crippen LogP contribution in [0.15, 0.2) is 54.6 Å². The van der Waals surface area contributed by atoms with Crippen LogP contribution in [0.5, 0.6) is 0 Å². The topological polar surface area (TPSA) is 67.2 Å². The summed E-state index contributed by atoms with van der Waals surface area (Å²) in [6.45, 7) is 15.3. The summed E-state index contributed by atoms with van der Waals surface area (Å²) >= 11 is 0. The Labute approximate surface area is 234 Å². The number of benzene rings is 2. The molecule has 0 radical (unpaired) electrons. The highest BCUT2D eigenvalue weighted by molar-refractivity contribution is 5.99. The molecule has 0 bridgehead atoms. The minimum atomic E-state index is -0.238. The molecule has 2 amide bonds. The molecule has 0 atom stereocenters. The van der Waals surface area contributed by atoms with E-state index in [9.17, 15) is 9.59 Å². The number of amides is 2. The minimum absolute atomic E-state index is 0.0202. The summed E-state index contributed by atoms with van der Waals surface area (Å²) in [4.78, 5) is 28.5. The van der Waals surface area contributed by atoms with Crippen LogP contribution in [0, 0.1) is 12.8 Å². The monoisotopic (exact) mass is 530 g/mol. The number of nitrogens with one attached hydrogen (secondary N) is 1. The molecule has 0 unspecified atom stereocenters. The van der Waals surface area contributed by atoms with Gasteiger partial charge in [0.15, 0.2) is 0 Å². The van der Waals surface area contributed by atoms with Crippen LogP contribution >= 0.6 is 0 Å². The zero-order valence-electron chi connectivity index (χ0n) is 24.9. The van der Waals surface area contributed by atoms with Crippen LogP contribution in [0.25, 0.3) is 5.69 Å². The van der Waals surface area contributed by atoms with Crippen molar-refractivity contribution in [1.82, 2.24) is 14.7 Å². The highest BCUT2D eigenvalue weighted by Gasteiger charge is 2.24. The van der Waals surface area contributed by atoms with Gasteiger partial charge in [0.05, 0.1) is 11.4 Å². The number of aromatic nitrogens is 2. The van der Waals surface area contributed by atoms with E-state index in [1.165, 1.54) is 18.4 Å². The number of rotatable bonds is 12. The van der Waals surface area contributed by atoms with Crippen molar-refractivity contribution in [2.75, 3.05) is 18.4 Å². The molecule has 3 rings (SSSR count). The highest BCUT2D eigenvalue weighted by atomic mass is 16.2. The standard InChI is InChI=1S/C33H46N4O2/c1-8-9-10-13-26-15-17-27(18-16-26)32(39)36(20-19-24(2)3)23-31(38)34-30-22-29(33(5,6)7)35-37(30)28-14-11-12-25(4)21-28/h11-12,14-18,21-22,24H,8-10,13,19-20,23H2,1-7H3,(H,34,38). The molecule has 0 aliphatic carbocycles. The molecule has 210 valence electrons. The van der Waals surface area contributed by atoms with Crippen LogP contribution < -0.4 is 5.32 Å². The zero-order chi connectivity index (χ0) is 28.6. The first-order chi connectivity index (χ1) is 18.5. The summed E-state index contributed by atoms with van der Waals surface area (Å²) in [6, 6.07) is 17.8. The average Bonchev–Trinajstić information content (AvgIpc) is 3.31. The zero-order valence-corrected chi connectivity index (χ0v) is 24.9. The van der Waals surface area contributed by atoms with Crippen molar-refractivity contribution in [3.63, 3.8) is 0 Å². The highest BCUT2D eigenvalue weighted by Crippen LogP contribution is 2.26. The Hall–Kier alpha value is -3.41. The maximum atomic E-state index is 13.5. The maximum Gasteiger partial charge on any atom is 0.254 e. The first-order valence-electron chi connectivity index (χ1n) is 14.3. The number of nitrogens with zero attached hydrogens (tertiary/aromatic N) is 3. The summed E-state index contributed by atoms with van der Waals surface area (Å²) in [5.74, 6) is 0.663. The summed E-state index contributed by atoms with van der Waals surface area (Å²) < 4.78 is 1.78. The fraction of sp³-hybridized carbons (Fsp3) is 0.485. The van der Waals surface area contributed by atoms with Gasteiger partial charge in [-0.2, -0.15) is 5.10 Å². The lowest BCUT2D eigenvalue weighted by atomic mass is 9.92. The van der Waals surface area contributed by atoms with Crippen molar-refractivity contribution in [3.8, 4) is 5.69 Å². The molecule has 0 saturated carbocycles. The average molecular weight is 531 g/mol. The van der Waals surface area contributed by atoms with Crippen molar-refractivity contribution in [2.24, 2.45) is 5.92 Å². The Balaban J connectivity index is 1.80. The summed E-state index contributed by atoms with van der Waals surface area (Å²) in [5.41, 5.74) is 4.55. The molecule has 2 aromatic carbocycles. The van der Waals surface area contributed by atoms with Crippen LogP contribution in [-0.2, 0) is 16.6 Å². The van der Waals surface area contributed by atoms with E-state index in [4.69, 9.17) is 5.10 Å². The number of anilines is 1. The third-order valence-electron chi connectivity index (χ3n) is 6.86. The van der Waals surface area contributed by atoms with E-state index in [0.717, 1.165) is 36.2 Å². The Bertz CT molecular complexity index is 1240. The quantitative estimate of drug-likeness (QED) is 0.249. The molecular formula is C33H46N4O2. The maximum absolute atomic E-state index is 13.5. The van der Waals surface area contributed by atoms with E-state index in [1.54, 1.807) is 9.58 Å². The molecule has 39 heavy (non-hydrogen) atoms. The van der Waals surface area contributed by atoms with Gasteiger partial charge in [-0.3, -0.25) is 9.59 Å². The van der Waals surface area contributed by atoms with E-state index in [1.807, 2.05) is 61.5 Å². The molecule has 0 fully saturated rings. The number of hydrogen-bond donors (Lipinski definition) is 1. The van der Waals surface area contributed by atoms with Gasteiger partial charge in [0.2, 0.25) is 5.91 Å². The lowest BCUT2D eigenvalue weighted by Crippen LogP contribution is -2.39. The Morgan fingerprint density at radius 3 is 2.36 bits per heavy atom. The number of unbranched alkanes of at least 4 members (excludes halogenated alkanes) is 2. The molecule has 0 aliphatic heterocycles. The van der Waals surface area contributed by atoms with Crippen LogP contribution in [-0.4, -0.2) is 39.6 Å². The molecule has 0 spiro atoms. The smallest absolute Gasteiger partial charge is 0.254 e. The van der Waals surface area contributed by atoms with Crippen molar-refractivity contribution < 1.29 is 9.59 Å². The van der Waals surface area contributed by atoms with Gasteiger partial charge >= 0.3 is 0 Å². The first kappa shape index (κ1) is 30.1. The number of aryl methyl sites for hydroxylation is 2. The van der Waals surface area contributed by atoms with Gasteiger partial charge in [0.1, 0.15) is 12.4 Å². The first-order valence-corrected chi connectivity index (χ1v) is 14.3. The SMILES string of the molecule is CCCCCc1ccc(C(=O)N(CCC(C)C)CC(=O)Nc2cc(C(C)(C)C)nn2-c2cccc(C)c2)cc1. The van der Waals surface area contributed by atoms with E-state index in [2.05, 4.69) is 46.9 Å². The predicted octanol–water partition coefficient (Wildman–Crippen LogP) is 7.34. The van der Waals surface area contributed by atoms with E-state index in [-0.39, 0.29) is 23.8 Å². The van der Waals surface area contributed by atoms with Crippen molar-refractivity contribution in [1.29, 1.82) is 0 Å². The van der Waals surface area contributed by atoms with Crippen molar-refractivity contribution >= 4 is 17.6 Å². The Morgan fingerprint density at radius 2 is 1.74 bits per heavy atom. The summed E-state index contributed by atoms with van der Waals surface area (Å²) in [5, 5.41) is 7.87. The molecule has 0 aliphatic rings. The second-order valence-electron chi connectivity index (χ2n) is 12.0. The van der Waals surface area contributed by atoms with Crippen LogP contribution in [0.2, 0.25) is 0 Å². The van der Waals surface area contributed by atoms with E-state index in [0.29, 0.717) is 23.8 Å². The van der Waals surface area contributed by atoms with Gasteiger partial charge in [-0.15, -0.1) is 0 Å². The van der Waals surface area contributed by atoms with Crippen molar-refractivity contribution in [3.05, 3.63) is 77.0 Å². The molecule has 6 nitrogen and oxygen atoms in total. The van der Waals surface area contributed by atoms with Crippen LogP contribution in [0.1, 0.15) is 94.4 Å². The van der Waals surface area contributed by atoms with Gasteiger partial charge in [-0.05, 0) is 67.5 Å². The normalized spacial score (nSPS) is 11.6. The largest absolute Gasteiger partial charge is 0.329 e. The molecule has 1 N–H and O–H groups in total. The predicted molar refractivity (Wildman–Crippen MR) is 161 cm³/mol. The van der Waals surface area contributed by atoms with Gasteiger partial charge in [0, 0.05) is 23.6 Å². The molecule has 1 heterocycles. The summed E-state index contributed by atoms with van der Waals surface area (Å²) in [6.07, 6.45) is 5.39. The van der Waals surface area contributed by atoms with Gasteiger partial charge < -0.3 is 10.2 Å². The third-order valence-corrected chi connectivity index (χ3v) is 6.86. The minimum Gasteiger partial charge on any atom is -0.329 e. The van der Waals surface area contributed by atoms with Crippen molar-refractivity contribution in [2.45, 2.75) is 86.0 Å². The number of carbonyl (C=O) groups is 2. The molecule has 1 aromatic heterocycles. The molecule has 0 saturated heterocycles. The molecule has 6 heteroatoms. The molecular weight excluding hydrogens is 484 g/mol. The van der Waals surface area contributed by atoms with Gasteiger partial charge in [0.25, 0.3) is 5.91 Å². The summed E-state index contributed by atoms with van der Waals surface area (Å²) in [7, 11) is 0. The van der Waals surface area contributed by atoms with Crippen LogP contribution in [0.3, 0.4) is 0 Å². The third kappa shape index (κ3) is 8.81. The lowest BCUT2D eigenvalue weighted by Gasteiger charge is -2.23. The van der Waals surface area contributed by atoms with Gasteiger partial charge in [-0.1, -0.05) is 78.6 Å². The van der Waals surface area contributed by atoms with E-state index >= 15 is 0 Å². The second kappa shape index (κ2) is 13.6.